The summed E-state index contributed by atoms with van der Waals surface area (Å²) in [4.78, 5) is 66.3. The van der Waals surface area contributed by atoms with Crippen molar-refractivity contribution in [2.75, 3.05) is 0 Å². The fraction of sp³-hybridized carbons (Fsp3) is 0.107. The van der Waals surface area contributed by atoms with E-state index in [0.717, 1.165) is 52.6 Å². The van der Waals surface area contributed by atoms with Gasteiger partial charge in [-0.05, 0) is 569 Å². The minimum atomic E-state index is -0.344. The van der Waals surface area contributed by atoms with Gasteiger partial charge in [0, 0.05) is 14.3 Å². The topological polar surface area (TPSA) is 105 Å². The van der Waals surface area contributed by atoms with Crippen LogP contribution in [0.15, 0.2) is 411 Å². The van der Waals surface area contributed by atoms with E-state index in [0.29, 0.717) is 63.0 Å². The maximum atomic E-state index is 13.0. The highest BCUT2D eigenvalue weighted by Crippen LogP contribution is 2.41. The van der Waals surface area contributed by atoms with Crippen molar-refractivity contribution < 1.29 is 38.1 Å². The van der Waals surface area contributed by atoms with Crippen LogP contribution in [-0.2, 0) is 43.6 Å². The minimum absolute atomic E-state index is 0.248. The highest BCUT2D eigenvalue weighted by Gasteiger charge is 2.35. The number of halogens is 12. The van der Waals surface area contributed by atoms with E-state index in [-0.39, 0.29) is 67.5 Å². The summed E-state index contributed by atoms with van der Waals surface area (Å²) < 4.78 is 34.9. The zero-order valence-electron chi connectivity index (χ0n) is 74.7. The Kier molecular flexibility index (Phi) is 41.9. The van der Waals surface area contributed by atoms with Crippen LogP contribution in [0.25, 0.3) is 0 Å². The summed E-state index contributed by atoms with van der Waals surface area (Å²) in [5, 5.41) is 0. The maximum Gasteiger partial charge on any atom is 0.343 e. The molecule has 0 aliphatic heterocycles. The molecule has 0 saturated carbocycles. The lowest BCUT2D eigenvalue weighted by Gasteiger charge is -2.12. The van der Waals surface area contributed by atoms with Crippen molar-refractivity contribution in [3.63, 3.8) is 0 Å². The molecule has 0 radical (unpaired) electrons. The first-order chi connectivity index (χ1) is 65.2. The molecule has 0 fully saturated rings. The van der Waals surface area contributed by atoms with Crippen LogP contribution in [0.4, 0.5) is 0 Å². The highest BCUT2D eigenvalue weighted by atomic mass is 127. The van der Waals surface area contributed by atoms with Crippen molar-refractivity contribution in [3.8, 4) is 23.0 Å². The smallest absolute Gasteiger partial charge is 0.343 e. The molecule has 16 aromatic carbocycles. The van der Waals surface area contributed by atoms with E-state index in [1.165, 1.54) is 82.3 Å². The minimum Gasteiger partial charge on any atom is -0.421 e. The maximum absolute atomic E-state index is 13.0. The summed E-state index contributed by atoms with van der Waals surface area (Å²) in [6, 6.07) is 121. The Labute approximate surface area is 973 Å². The van der Waals surface area contributed by atoms with Gasteiger partial charge in [0.05, 0.1) is 94.4 Å². The average Bonchev–Trinajstić information content (AvgIpc) is 0.709. The second-order valence-corrected chi connectivity index (χ2v) is 54.3. The number of carbonyl (C=O) groups excluding carboxylic acids is 4. The molecule has 0 aliphatic carbocycles. The Balaban J connectivity index is 0.000000154. The molecule has 16 aromatic rings. The van der Waals surface area contributed by atoms with E-state index in [1.807, 2.05) is 146 Å². The predicted octanol–water partition coefficient (Wildman–Crippen LogP) is 35.6. The molecule has 688 valence electrons. The van der Waals surface area contributed by atoms with Crippen molar-refractivity contribution in [1.82, 2.24) is 0 Å². The fourth-order valence-electron chi connectivity index (χ4n) is 13.8. The molecule has 24 heteroatoms. The van der Waals surface area contributed by atoms with Gasteiger partial charge < -0.3 is 18.9 Å². The highest BCUT2D eigenvalue weighted by molar-refractivity contribution is 14.1. The van der Waals surface area contributed by atoms with Gasteiger partial charge in [0.15, 0.2) is 81.7 Å². The summed E-state index contributed by atoms with van der Waals surface area (Å²) in [7, 11) is -1.05. The number of benzene rings is 16. The molecular weight excluding hydrogens is 3120 g/mol. The predicted molar refractivity (Wildman–Crippen MR) is 661 cm³/mol. The Morgan fingerprint density at radius 3 is 0.493 bits per heavy atom. The van der Waals surface area contributed by atoms with E-state index in [9.17, 15) is 19.2 Å². The third kappa shape index (κ3) is 29.9. The Bertz CT molecular complexity index is 6660. The Hall–Kier alpha value is -4.44. The van der Waals surface area contributed by atoms with E-state index >= 15 is 0 Å². The molecule has 2 unspecified atom stereocenters. The lowest BCUT2D eigenvalue weighted by molar-refractivity contribution is 0.0722. The third-order valence-electron chi connectivity index (χ3n) is 21.0. The third-order valence-corrected chi connectivity index (χ3v) is 38.8. The first-order valence-corrected chi connectivity index (χ1v) is 60.5. The summed E-state index contributed by atoms with van der Waals surface area (Å²) >= 11 is 26.8. The molecule has 0 saturated heterocycles. The van der Waals surface area contributed by atoms with Crippen molar-refractivity contribution in [2.45, 2.75) is 139 Å². The van der Waals surface area contributed by atoms with Crippen LogP contribution in [0.2, 0.25) is 0 Å². The normalized spacial score (nSPS) is 11.5. The first kappa shape index (κ1) is 109. The van der Waals surface area contributed by atoms with Gasteiger partial charge in [0.1, 0.15) is 0 Å². The lowest BCUT2D eigenvalue weighted by atomic mass is 10.0. The summed E-state index contributed by atoms with van der Waals surface area (Å²) in [6.45, 7) is 19.6. The number of aryl methyl sites for hydroxylation is 3. The molecule has 0 amide bonds. The van der Waals surface area contributed by atoms with Gasteiger partial charge in [-0.2, -0.15) is 0 Å². The van der Waals surface area contributed by atoms with Gasteiger partial charge in [-0.15, -0.1) is 0 Å². The van der Waals surface area contributed by atoms with Gasteiger partial charge in [-0.25, -0.2) is 19.2 Å². The molecule has 0 heterocycles. The second-order valence-electron chi connectivity index (χ2n) is 31.9. The van der Waals surface area contributed by atoms with Gasteiger partial charge in [-0.3, -0.25) is 0 Å². The van der Waals surface area contributed by atoms with Crippen LogP contribution in [0, 0.1) is 63.6 Å². The van der Waals surface area contributed by atoms with Crippen LogP contribution in [0.3, 0.4) is 0 Å². The summed E-state index contributed by atoms with van der Waals surface area (Å²) in [5.74, 6) is 2.57. The van der Waals surface area contributed by atoms with Crippen LogP contribution < -0.4 is 18.9 Å². The molecule has 0 bridgehead atoms. The van der Waals surface area contributed by atoms with E-state index < -0.39 is 0 Å². The van der Waals surface area contributed by atoms with E-state index in [1.54, 1.807) is 0 Å². The zero-order valence-corrected chi connectivity index (χ0v) is 104. The van der Waals surface area contributed by atoms with Gasteiger partial charge in [0.25, 0.3) is 0 Å². The average molecular weight is 3210 g/mol. The second kappa shape index (κ2) is 52.4. The summed E-state index contributed by atoms with van der Waals surface area (Å²) in [5.41, 5.74) is 9.89. The molecule has 8 nitrogen and oxygen atoms in total. The Morgan fingerprint density at radius 2 is 0.338 bits per heavy atom. The number of rotatable bonds is 23. The summed E-state index contributed by atoms with van der Waals surface area (Å²) in [6.07, 6.45) is 0. The standard InChI is InChI=1S/C31H28I3O2S.C28H22I3O2S.C27H20I3O2S.C26H18I3O2S/c1-19(2)21-5-11-25(12-6-21)37(26-13-7-22(8-14-26)20(3)4)27-15-9-23(10-16-27)31(35)36-30-28(33)17-24(32)18-29(30)34;1-18(2)19-8-12-23(13-9-19)34(22-6-4-3-5-7-22)24-14-10-20(11-15-24)28(32)33-27-25(30)16-21(29)17-26(27)31;1-17-3-9-21(10-4-17)33(22-11-5-18(2)6-12-22)23-13-7-19(8-14-23)27(31)32-26-24(29)15-20(28)16-25(26)30;1-17-7-11-21(12-8-17)32(20-5-3-2-4-6-20)22-13-9-18(10-14-22)26(30)31-25-23(28)15-19(27)16-24(25)29/h5-20H,1-4H3;3-18H,1-2H3;3-16H,1-2H3;2-16H,1H3/q4*+1. The quantitative estimate of drug-likeness (QED) is 0.0270. The van der Waals surface area contributed by atoms with E-state index in [4.69, 9.17) is 18.9 Å². The van der Waals surface area contributed by atoms with Gasteiger partial charge in [-0.1, -0.05) is 167 Å². The molecular formula is C112H88I12O8S4+4. The van der Waals surface area contributed by atoms with Crippen LogP contribution >= 0.6 is 271 Å². The van der Waals surface area contributed by atoms with Gasteiger partial charge in [0.2, 0.25) is 0 Å². The number of esters is 4. The van der Waals surface area contributed by atoms with Crippen molar-refractivity contribution in [3.05, 3.63) is 450 Å². The van der Waals surface area contributed by atoms with Crippen LogP contribution in [0.5, 0.6) is 23.0 Å². The largest absolute Gasteiger partial charge is 0.421 e. The number of hydrogen-bond donors (Lipinski definition) is 0. The molecule has 0 aromatic heterocycles. The first-order valence-electron chi connectivity index (χ1n) is 42.7. The van der Waals surface area contributed by atoms with Crippen molar-refractivity contribution in [1.29, 1.82) is 0 Å². The Morgan fingerprint density at radius 1 is 0.199 bits per heavy atom. The molecule has 16 rings (SSSR count). The fourth-order valence-corrected chi connectivity index (χ4v) is 37.2. The van der Waals surface area contributed by atoms with Crippen LogP contribution in [-0.4, -0.2) is 23.9 Å². The monoisotopic (exact) mass is 3210 g/mol. The van der Waals surface area contributed by atoms with E-state index in [2.05, 4.69) is 540 Å². The molecule has 0 spiro atoms. The number of hydrogen-bond acceptors (Lipinski definition) is 8. The van der Waals surface area contributed by atoms with Crippen molar-refractivity contribution in [2.24, 2.45) is 0 Å². The molecule has 0 N–H and O–H groups in total. The molecule has 0 aliphatic rings. The SMILES string of the molecule is CC(C)c1ccc([S+](c2ccc(C(=O)Oc3c(I)cc(I)cc3I)cc2)c2ccc(C(C)C)cc2)cc1.CC(C)c1ccc([S+](c2ccccc2)c2ccc(C(=O)Oc3c(I)cc(I)cc3I)cc2)cc1.Cc1ccc([S+](c2ccc(C)cc2)c2ccc(C(=O)Oc3c(I)cc(I)cc3I)cc2)cc1.Cc1ccc([S+](c2ccccc2)c2ccc(C(=O)Oc3c(I)cc(I)cc3I)cc2)cc1. The number of carbonyl (C=O) groups is 4. The molecule has 2 atom stereocenters. The zero-order chi connectivity index (χ0) is 97.1. The molecule has 136 heavy (non-hydrogen) atoms. The number of ether oxygens (including phenoxy) is 4. The van der Waals surface area contributed by atoms with Crippen molar-refractivity contribution >= 4 is 339 Å². The van der Waals surface area contributed by atoms with Gasteiger partial charge >= 0.3 is 23.9 Å². The lowest BCUT2D eigenvalue weighted by Crippen LogP contribution is -2.11. The van der Waals surface area contributed by atoms with Crippen LogP contribution in [0.1, 0.15) is 134 Å².